The summed E-state index contributed by atoms with van der Waals surface area (Å²) in [4.78, 5) is 14.9. The van der Waals surface area contributed by atoms with Crippen LogP contribution in [0.1, 0.15) is 30.1 Å². The largest absolute Gasteiger partial charge is 0.335 e. The van der Waals surface area contributed by atoms with Crippen LogP contribution in [0.15, 0.2) is 29.6 Å². The molecule has 0 aliphatic carbocycles. The average molecular weight is 288 g/mol. The van der Waals surface area contributed by atoms with Crippen LogP contribution in [-0.2, 0) is 0 Å². The maximum Gasteiger partial charge on any atom is 0.255 e. The van der Waals surface area contributed by atoms with Gasteiger partial charge >= 0.3 is 0 Å². The fourth-order valence-electron chi connectivity index (χ4n) is 2.97. The molecule has 20 heavy (non-hydrogen) atoms. The van der Waals surface area contributed by atoms with Crippen LogP contribution in [0, 0.1) is 0 Å². The van der Waals surface area contributed by atoms with E-state index in [1.807, 2.05) is 28.5 Å². The Balaban J connectivity index is 1.89. The molecule has 1 amide bonds. The molecule has 0 saturated carbocycles. The van der Waals surface area contributed by atoms with Gasteiger partial charge in [0.2, 0.25) is 0 Å². The van der Waals surface area contributed by atoms with Crippen molar-refractivity contribution < 1.29 is 4.79 Å². The Morgan fingerprint density at radius 3 is 3.05 bits per heavy atom. The predicted molar refractivity (Wildman–Crippen MR) is 84.4 cm³/mol. The van der Waals surface area contributed by atoms with E-state index < -0.39 is 0 Å². The van der Waals surface area contributed by atoms with Gasteiger partial charge in [-0.25, -0.2) is 0 Å². The van der Waals surface area contributed by atoms with Crippen molar-refractivity contribution in [3.05, 3.63) is 35.2 Å². The number of nitrogens with one attached hydrogen (secondary N) is 1. The van der Waals surface area contributed by atoms with Crippen molar-refractivity contribution in [1.29, 1.82) is 0 Å². The van der Waals surface area contributed by atoms with Gasteiger partial charge in [-0.15, -0.1) is 11.3 Å². The van der Waals surface area contributed by atoms with E-state index in [0.29, 0.717) is 6.04 Å². The molecule has 1 aromatic carbocycles. The minimum absolute atomic E-state index is 0.179. The summed E-state index contributed by atoms with van der Waals surface area (Å²) in [5.41, 5.74) is 0.859. The summed E-state index contributed by atoms with van der Waals surface area (Å²) in [6.45, 7) is 4.84. The number of likely N-dealkylation sites (N-methyl/N-ethyl adjacent to an activating group) is 1. The third kappa shape index (κ3) is 2.45. The summed E-state index contributed by atoms with van der Waals surface area (Å²) < 4.78 is 1.19. The molecule has 1 aliphatic rings. The number of amides is 1. The molecule has 1 aromatic heterocycles. The van der Waals surface area contributed by atoms with Gasteiger partial charge in [0.1, 0.15) is 0 Å². The van der Waals surface area contributed by atoms with Gasteiger partial charge in [0, 0.05) is 34.6 Å². The van der Waals surface area contributed by atoms with E-state index in [1.165, 1.54) is 4.70 Å². The van der Waals surface area contributed by atoms with Crippen LogP contribution in [0.3, 0.4) is 0 Å². The van der Waals surface area contributed by atoms with Gasteiger partial charge in [0.05, 0.1) is 5.56 Å². The molecule has 2 aromatic rings. The number of hydrogen-bond donors (Lipinski definition) is 1. The number of nitrogens with zero attached hydrogens (tertiary/aromatic N) is 1. The van der Waals surface area contributed by atoms with Crippen LogP contribution in [0.4, 0.5) is 0 Å². The lowest BCUT2D eigenvalue weighted by atomic mass is 10.0. The first kappa shape index (κ1) is 13.6. The lowest BCUT2D eigenvalue weighted by Crippen LogP contribution is -2.48. The molecule has 1 unspecified atom stereocenters. The van der Waals surface area contributed by atoms with Gasteiger partial charge in [-0.1, -0.05) is 18.2 Å². The van der Waals surface area contributed by atoms with Crippen molar-refractivity contribution in [2.45, 2.75) is 25.8 Å². The highest BCUT2D eigenvalue weighted by Gasteiger charge is 2.26. The highest BCUT2D eigenvalue weighted by atomic mass is 32.1. The first-order valence-electron chi connectivity index (χ1n) is 7.29. The summed E-state index contributed by atoms with van der Waals surface area (Å²) in [6, 6.07) is 8.49. The number of piperidine rings is 1. The SMILES string of the molecule is CCN(C(=O)c1csc2ccccc12)C1CCCNC1. The highest BCUT2D eigenvalue weighted by molar-refractivity contribution is 7.17. The number of fused-ring (bicyclic) bond motifs is 1. The van der Waals surface area contributed by atoms with Crippen LogP contribution >= 0.6 is 11.3 Å². The Hall–Kier alpha value is -1.39. The van der Waals surface area contributed by atoms with Crippen molar-refractivity contribution in [2.24, 2.45) is 0 Å². The van der Waals surface area contributed by atoms with Crippen LogP contribution in [0.25, 0.3) is 10.1 Å². The van der Waals surface area contributed by atoms with E-state index in [0.717, 1.165) is 43.4 Å². The van der Waals surface area contributed by atoms with Crippen LogP contribution in [0.2, 0.25) is 0 Å². The Bertz CT molecular complexity index is 601. The summed E-state index contributed by atoms with van der Waals surface area (Å²) >= 11 is 1.65. The Morgan fingerprint density at radius 1 is 1.45 bits per heavy atom. The number of carbonyl (C=O) groups is 1. The summed E-state index contributed by atoms with van der Waals surface area (Å²) in [5.74, 6) is 0.179. The molecule has 2 heterocycles. The smallest absolute Gasteiger partial charge is 0.255 e. The van der Waals surface area contributed by atoms with E-state index in [4.69, 9.17) is 0 Å². The Kier molecular flexibility index (Phi) is 4.03. The topological polar surface area (TPSA) is 32.3 Å². The molecule has 106 valence electrons. The van der Waals surface area contributed by atoms with E-state index in [2.05, 4.69) is 18.3 Å². The monoisotopic (exact) mass is 288 g/mol. The van der Waals surface area contributed by atoms with E-state index in [1.54, 1.807) is 11.3 Å². The molecule has 3 rings (SSSR count). The first-order chi connectivity index (χ1) is 9.81. The van der Waals surface area contributed by atoms with Crippen molar-refractivity contribution in [1.82, 2.24) is 10.2 Å². The zero-order valence-corrected chi connectivity index (χ0v) is 12.6. The van der Waals surface area contributed by atoms with Crippen molar-refractivity contribution in [3.8, 4) is 0 Å². The molecule has 1 aliphatic heterocycles. The molecule has 3 nitrogen and oxygen atoms in total. The first-order valence-corrected chi connectivity index (χ1v) is 8.17. The summed E-state index contributed by atoms with van der Waals surface area (Å²) in [7, 11) is 0. The highest BCUT2D eigenvalue weighted by Crippen LogP contribution is 2.27. The normalized spacial score (nSPS) is 19.1. The van der Waals surface area contributed by atoms with Crippen molar-refractivity contribution >= 4 is 27.3 Å². The van der Waals surface area contributed by atoms with E-state index in [9.17, 15) is 4.79 Å². The number of hydrogen-bond acceptors (Lipinski definition) is 3. The number of benzene rings is 1. The standard InChI is InChI=1S/C16H20N2OS/c1-2-18(12-6-5-9-17-10-12)16(19)14-11-20-15-8-4-3-7-13(14)15/h3-4,7-8,11-12,17H,2,5-6,9-10H2,1H3. The minimum Gasteiger partial charge on any atom is -0.335 e. The molecule has 1 saturated heterocycles. The third-order valence-electron chi connectivity index (χ3n) is 4.02. The molecular weight excluding hydrogens is 268 g/mol. The third-order valence-corrected chi connectivity index (χ3v) is 4.99. The molecule has 1 atom stereocenters. The zero-order valence-electron chi connectivity index (χ0n) is 11.8. The van der Waals surface area contributed by atoms with Gasteiger partial charge in [0.25, 0.3) is 5.91 Å². The van der Waals surface area contributed by atoms with Crippen molar-refractivity contribution in [3.63, 3.8) is 0 Å². The van der Waals surface area contributed by atoms with Crippen molar-refractivity contribution in [2.75, 3.05) is 19.6 Å². The predicted octanol–water partition coefficient (Wildman–Crippen LogP) is 3.12. The second-order valence-electron chi connectivity index (χ2n) is 5.24. The molecule has 0 radical (unpaired) electrons. The zero-order chi connectivity index (χ0) is 13.9. The second-order valence-corrected chi connectivity index (χ2v) is 6.15. The fourth-order valence-corrected chi connectivity index (χ4v) is 3.90. The Morgan fingerprint density at radius 2 is 2.30 bits per heavy atom. The van der Waals surface area contributed by atoms with E-state index >= 15 is 0 Å². The van der Waals surface area contributed by atoms with Crippen LogP contribution in [-0.4, -0.2) is 36.5 Å². The van der Waals surface area contributed by atoms with E-state index in [-0.39, 0.29) is 5.91 Å². The van der Waals surface area contributed by atoms with Gasteiger partial charge in [-0.05, 0) is 32.4 Å². The summed E-state index contributed by atoms with van der Waals surface area (Å²) in [6.07, 6.45) is 2.26. The van der Waals surface area contributed by atoms with Gasteiger partial charge < -0.3 is 10.2 Å². The quantitative estimate of drug-likeness (QED) is 0.941. The summed E-state index contributed by atoms with van der Waals surface area (Å²) in [5, 5.41) is 6.49. The fraction of sp³-hybridized carbons (Fsp3) is 0.438. The second kappa shape index (κ2) is 5.94. The average Bonchev–Trinajstić information content (AvgIpc) is 2.93. The Labute approximate surface area is 123 Å². The number of thiophene rings is 1. The molecule has 0 spiro atoms. The molecule has 1 N–H and O–H groups in total. The van der Waals surface area contributed by atoms with Gasteiger partial charge in [-0.3, -0.25) is 4.79 Å². The molecule has 1 fully saturated rings. The van der Waals surface area contributed by atoms with Crippen LogP contribution in [0.5, 0.6) is 0 Å². The number of rotatable bonds is 3. The van der Waals surface area contributed by atoms with Gasteiger partial charge in [0.15, 0.2) is 0 Å². The van der Waals surface area contributed by atoms with Gasteiger partial charge in [-0.2, -0.15) is 0 Å². The maximum absolute atomic E-state index is 12.9. The molecule has 4 heteroatoms. The lowest BCUT2D eigenvalue weighted by molar-refractivity contribution is 0.0664. The molecule has 0 bridgehead atoms. The van der Waals surface area contributed by atoms with Crippen LogP contribution < -0.4 is 5.32 Å². The molecular formula is C16H20N2OS. The lowest BCUT2D eigenvalue weighted by Gasteiger charge is -2.34. The minimum atomic E-state index is 0.179. The number of carbonyl (C=O) groups excluding carboxylic acids is 1. The maximum atomic E-state index is 12.9.